The molecule has 0 fully saturated rings. The lowest BCUT2D eigenvalue weighted by molar-refractivity contribution is -0.135. The number of fused-ring (bicyclic) bond motifs is 8. The van der Waals surface area contributed by atoms with Crippen LogP contribution in [0.1, 0.15) is 86.1 Å². The summed E-state index contributed by atoms with van der Waals surface area (Å²) in [5.74, 6) is -38.0. The van der Waals surface area contributed by atoms with E-state index < -0.39 is 267 Å². The Balaban J connectivity index is 1.25. The van der Waals surface area contributed by atoms with E-state index in [2.05, 4.69) is 0 Å². The Bertz CT molecular complexity index is 4220. The summed E-state index contributed by atoms with van der Waals surface area (Å²) in [5, 5.41) is 222. The van der Waals surface area contributed by atoms with Crippen LogP contribution in [0.15, 0.2) is 54.6 Å². The van der Waals surface area contributed by atoms with Gasteiger partial charge in [0.05, 0.1) is 39.8 Å². The molecule has 450 valence electrons. The molecule has 0 saturated heterocycles. The average molecular weight is 1210 g/mol. The first-order valence-electron chi connectivity index (χ1n) is 24.9. The molecule has 2 bridgehead atoms. The number of phenolic OH excluding ortho intramolecular Hbond substituents is 19. The first-order chi connectivity index (χ1) is 41.0. The van der Waals surface area contributed by atoms with Gasteiger partial charge in [-0.1, -0.05) is 6.07 Å². The number of aliphatic hydroxyl groups excluding tert-OH is 1. The highest BCUT2D eigenvalue weighted by Crippen LogP contribution is 2.62. The molecular formula is C56H40O31. The number of aromatic hydroxyl groups is 19. The highest BCUT2D eigenvalue weighted by atomic mass is 16.6. The number of cyclic esters (lactones) is 3. The van der Waals surface area contributed by atoms with Gasteiger partial charge in [-0.25, -0.2) is 24.0 Å². The molecule has 0 radical (unpaired) electrons. The number of hydrogen-bond donors (Lipinski definition) is 20. The Morgan fingerprint density at radius 2 is 0.908 bits per heavy atom. The average Bonchev–Trinajstić information content (AvgIpc) is 0.817. The van der Waals surface area contributed by atoms with Gasteiger partial charge >= 0.3 is 29.8 Å². The minimum absolute atomic E-state index is 0.140. The van der Waals surface area contributed by atoms with Gasteiger partial charge in [0.15, 0.2) is 99.2 Å². The van der Waals surface area contributed by atoms with Crippen LogP contribution in [0.25, 0.3) is 22.3 Å². The van der Waals surface area contributed by atoms with E-state index in [1.807, 2.05) is 0 Å². The SMILES string of the molecule is O=C(O[C@@H]1COC(=O)c2cc(O)c(O)c(O)c2-c2c(cc(O)c(O)c2O)C(=O)O[C@H]1C1OC(=O)c2cc(O)c(O)c(O)c2-c2c(O)c(O)c(O)c3c2C(=O)O[C@H]1[C@H]3c1c(O)cc(O)c2c1O[C@H](c1ccc(O)c(O)c1)[C@@H](O)C2)c1cc(O)c(O)c(O)c1. The number of hydrogen-bond acceptors (Lipinski definition) is 31. The van der Waals surface area contributed by atoms with Crippen LogP contribution in [-0.4, -0.2) is 169 Å². The normalized spacial score (nSPS) is 20.4. The molecule has 31 heteroatoms. The number of ether oxygens (including phenoxy) is 6. The van der Waals surface area contributed by atoms with E-state index in [-0.39, 0.29) is 5.56 Å². The fraction of sp³-hybridized carbons (Fsp3) is 0.161. The molecule has 4 aliphatic heterocycles. The Morgan fingerprint density at radius 3 is 1.46 bits per heavy atom. The van der Waals surface area contributed by atoms with Gasteiger partial charge in [0, 0.05) is 51.4 Å². The second-order valence-electron chi connectivity index (χ2n) is 19.9. The van der Waals surface area contributed by atoms with Crippen molar-refractivity contribution in [1.82, 2.24) is 0 Å². The zero-order chi connectivity index (χ0) is 63.0. The molecule has 31 nitrogen and oxygen atoms in total. The highest BCUT2D eigenvalue weighted by Gasteiger charge is 2.57. The van der Waals surface area contributed by atoms with Gasteiger partial charge in [0.1, 0.15) is 30.0 Å². The molecule has 0 amide bonds. The Labute approximate surface area is 480 Å². The fourth-order valence-corrected chi connectivity index (χ4v) is 10.9. The van der Waals surface area contributed by atoms with Gasteiger partial charge in [0.25, 0.3) is 0 Å². The molecule has 4 heterocycles. The van der Waals surface area contributed by atoms with Crippen molar-refractivity contribution in [2.24, 2.45) is 0 Å². The lowest BCUT2D eigenvalue weighted by Crippen LogP contribution is -2.56. The van der Waals surface area contributed by atoms with Gasteiger partial charge in [0.2, 0.25) is 23.0 Å². The van der Waals surface area contributed by atoms with Crippen molar-refractivity contribution < 1.29 is 155 Å². The zero-order valence-electron chi connectivity index (χ0n) is 43.1. The Kier molecular flexibility index (Phi) is 13.1. The first-order valence-corrected chi connectivity index (χ1v) is 24.9. The summed E-state index contributed by atoms with van der Waals surface area (Å²) in [6.07, 6.45) is -15.7. The first kappa shape index (κ1) is 56.7. The molecule has 11 rings (SSSR count). The largest absolute Gasteiger partial charge is 0.507 e. The monoisotopic (exact) mass is 1210 g/mol. The quantitative estimate of drug-likeness (QED) is 0.0668. The third-order valence-electron chi connectivity index (χ3n) is 14.9. The van der Waals surface area contributed by atoms with Crippen LogP contribution >= 0.6 is 0 Å². The van der Waals surface area contributed by atoms with Crippen LogP contribution in [0.3, 0.4) is 0 Å². The minimum atomic E-state index is -3.00. The minimum Gasteiger partial charge on any atom is -0.507 e. The maximum Gasteiger partial charge on any atom is 0.339 e. The number of carbonyl (C=O) groups excluding carboxylic acids is 5. The van der Waals surface area contributed by atoms with Crippen LogP contribution in [0.2, 0.25) is 0 Å². The maximum absolute atomic E-state index is 15.3. The number of phenols is 19. The van der Waals surface area contributed by atoms with Crippen molar-refractivity contribution in [3.05, 3.63) is 105 Å². The van der Waals surface area contributed by atoms with E-state index in [0.29, 0.717) is 36.4 Å². The molecule has 1 unspecified atom stereocenters. The standard InChI is InChI=1S/C56H40O31/c57-18-2-1-12(3-20(18)59)47-27(66)6-14-19(58)10-21(60)32(48(14)84-47)35-34-36-33(44(74)46(76)45(34)75)31-17(9-26(65)40(70)43(31)73)55(80)87-51(50(35)86-56(36)81)49-28(83-52(77)13-4-22(61)37(67)23(62)5-13)11-82-53(78)15-7-24(63)38(68)41(71)29(15)30-16(54(79)85-49)8-25(64)39(69)42(30)72/h1-5,7-10,27-28,35,47,49-51,57-76H,6,11H2/t27-,28+,35-,47+,49+,50-,51?/m0/s1. The Morgan fingerprint density at radius 1 is 0.414 bits per heavy atom. The van der Waals surface area contributed by atoms with Crippen molar-refractivity contribution in [3.8, 4) is 137 Å². The molecule has 4 aliphatic rings. The molecule has 7 aromatic carbocycles. The van der Waals surface area contributed by atoms with Crippen LogP contribution in [0.5, 0.6) is 115 Å². The van der Waals surface area contributed by atoms with Crippen molar-refractivity contribution in [2.75, 3.05) is 6.61 Å². The molecule has 0 aliphatic carbocycles. The van der Waals surface area contributed by atoms with Gasteiger partial charge < -0.3 is 131 Å². The lowest BCUT2D eigenvalue weighted by atomic mass is 9.73. The lowest BCUT2D eigenvalue weighted by Gasteiger charge is -2.43. The van der Waals surface area contributed by atoms with Crippen LogP contribution in [0, 0.1) is 0 Å². The smallest absolute Gasteiger partial charge is 0.339 e. The molecule has 0 aromatic heterocycles. The number of aliphatic hydroxyl groups is 1. The number of rotatable bonds is 5. The van der Waals surface area contributed by atoms with E-state index >= 15 is 14.4 Å². The van der Waals surface area contributed by atoms with Gasteiger partial charge in [-0.2, -0.15) is 0 Å². The molecule has 87 heavy (non-hydrogen) atoms. The van der Waals surface area contributed by atoms with Crippen molar-refractivity contribution in [3.63, 3.8) is 0 Å². The van der Waals surface area contributed by atoms with E-state index in [0.717, 1.165) is 18.2 Å². The summed E-state index contributed by atoms with van der Waals surface area (Å²) in [5.41, 5.74) is -13.3. The van der Waals surface area contributed by atoms with Gasteiger partial charge in [-0.3, -0.25) is 0 Å². The van der Waals surface area contributed by atoms with Gasteiger partial charge in [-0.05, 0) is 48.0 Å². The predicted octanol–water partition coefficient (Wildman–Crippen LogP) is 3.30. The summed E-state index contributed by atoms with van der Waals surface area (Å²) in [4.78, 5) is 74.7. The van der Waals surface area contributed by atoms with Crippen LogP contribution in [0.4, 0.5) is 0 Å². The predicted molar refractivity (Wildman–Crippen MR) is 277 cm³/mol. The maximum atomic E-state index is 15.3. The van der Waals surface area contributed by atoms with Gasteiger partial charge in [-0.15, -0.1) is 0 Å². The van der Waals surface area contributed by atoms with E-state index in [1.54, 1.807) is 0 Å². The van der Waals surface area contributed by atoms with Crippen LogP contribution in [-0.2, 0) is 30.1 Å². The summed E-state index contributed by atoms with van der Waals surface area (Å²) in [6.45, 7) is -1.63. The summed E-state index contributed by atoms with van der Waals surface area (Å²) in [6, 6.07) is 5.59. The number of esters is 5. The molecule has 0 spiro atoms. The molecular weight excluding hydrogens is 1170 g/mol. The highest BCUT2D eigenvalue weighted by molar-refractivity contribution is 6.11. The summed E-state index contributed by atoms with van der Waals surface area (Å²) >= 11 is 0. The number of benzene rings is 7. The van der Waals surface area contributed by atoms with E-state index in [1.165, 1.54) is 0 Å². The third-order valence-corrected chi connectivity index (χ3v) is 14.9. The molecule has 7 aromatic rings. The topological polar surface area (TPSA) is 545 Å². The second kappa shape index (κ2) is 20.0. The summed E-state index contributed by atoms with van der Waals surface area (Å²) in [7, 11) is 0. The Hall–Kier alpha value is -12.2. The molecule has 0 saturated carbocycles. The van der Waals surface area contributed by atoms with Crippen molar-refractivity contribution >= 4 is 29.8 Å². The fourth-order valence-electron chi connectivity index (χ4n) is 10.9. The molecule has 20 N–H and O–H groups in total. The van der Waals surface area contributed by atoms with Crippen molar-refractivity contribution in [2.45, 2.75) is 49.0 Å². The second-order valence-corrected chi connectivity index (χ2v) is 19.9. The van der Waals surface area contributed by atoms with E-state index in [9.17, 15) is 112 Å². The van der Waals surface area contributed by atoms with Crippen molar-refractivity contribution in [1.29, 1.82) is 0 Å². The molecule has 7 atom stereocenters. The third kappa shape index (κ3) is 8.66. The number of carbonyl (C=O) groups is 5. The zero-order valence-corrected chi connectivity index (χ0v) is 43.1. The van der Waals surface area contributed by atoms with Crippen LogP contribution < -0.4 is 4.74 Å². The van der Waals surface area contributed by atoms with E-state index in [4.69, 9.17) is 28.4 Å². The summed E-state index contributed by atoms with van der Waals surface area (Å²) < 4.78 is 35.6.